The van der Waals surface area contributed by atoms with E-state index in [1.807, 2.05) is 49.1 Å². The maximum Gasteiger partial charge on any atom is 0.234 e. The molecule has 1 aliphatic rings. The first-order valence-corrected chi connectivity index (χ1v) is 7.86. The summed E-state index contributed by atoms with van der Waals surface area (Å²) in [6.07, 6.45) is 0.735. The minimum Gasteiger partial charge on any atom is -0.494 e. The van der Waals surface area contributed by atoms with Gasteiger partial charge in [-0.15, -0.1) is 0 Å². The first kappa shape index (κ1) is 14.6. The highest BCUT2D eigenvalue weighted by atomic mass is 16.5. The summed E-state index contributed by atoms with van der Waals surface area (Å²) in [6, 6.07) is 16.2. The summed E-state index contributed by atoms with van der Waals surface area (Å²) in [7, 11) is 0. The Morgan fingerprint density at radius 1 is 1.05 bits per heavy atom. The molecule has 0 bridgehead atoms. The van der Waals surface area contributed by atoms with Crippen molar-refractivity contribution in [1.82, 2.24) is 0 Å². The highest BCUT2D eigenvalue weighted by Crippen LogP contribution is 2.38. The Morgan fingerprint density at radius 3 is 2.45 bits per heavy atom. The van der Waals surface area contributed by atoms with Crippen LogP contribution in [0.1, 0.15) is 30.9 Å². The molecule has 0 spiro atoms. The van der Waals surface area contributed by atoms with E-state index in [0.29, 0.717) is 6.61 Å². The molecule has 0 fully saturated rings. The number of likely N-dealkylation sites (N-methyl/N-ethyl adjacent to an activating group) is 1. The van der Waals surface area contributed by atoms with Gasteiger partial charge in [0, 0.05) is 12.2 Å². The lowest BCUT2D eigenvalue weighted by molar-refractivity contribution is -0.119. The molecule has 22 heavy (non-hydrogen) atoms. The van der Waals surface area contributed by atoms with Gasteiger partial charge in [-0.25, -0.2) is 0 Å². The van der Waals surface area contributed by atoms with Crippen LogP contribution in [0.25, 0.3) is 0 Å². The van der Waals surface area contributed by atoms with Crippen molar-refractivity contribution in [2.45, 2.75) is 26.2 Å². The Labute approximate surface area is 131 Å². The first-order chi connectivity index (χ1) is 10.7. The number of anilines is 1. The third-order valence-corrected chi connectivity index (χ3v) is 4.16. The molecule has 0 aromatic heterocycles. The number of benzene rings is 2. The standard InChI is InChI=1S/C19H21NO2/c1-3-20-18-8-6-5-7-16(18)17(19(20)21)13-14-9-11-15(12-10-14)22-4-2/h5-12,17H,3-4,13H2,1-2H3. The molecule has 0 saturated carbocycles. The van der Waals surface area contributed by atoms with Crippen molar-refractivity contribution in [3.8, 4) is 5.75 Å². The van der Waals surface area contributed by atoms with Gasteiger partial charge in [-0.05, 0) is 49.6 Å². The zero-order chi connectivity index (χ0) is 15.5. The molecule has 2 aromatic carbocycles. The minimum atomic E-state index is -0.0749. The number of hydrogen-bond acceptors (Lipinski definition) is 2. The summed E-state index contributed by atoms with van der Waals surface area (Å²) in [6.45, 7) is 5.38. The monoisotopic (exact) mass is 295 g/mol. The number of para-hydroxylation sites is 1. The van der Waals surface area contributed by atoms with Gasteiger partial charge >= 0.3 is 0 Å². The zero-order valence-corrected chi connectivity index (χ0v) is 13.1. The average molecular weight is 295 g/mol. The van der Waals surface area contributed by atoms with Gasteiger partial charge in [0.25, 0.3) is 0 Å². The van der Waals surface area contributed by atoms with Crippen LogP contribution in [-0.2, 0) is 11.2 Å². The summed E-state index contributed by atoms with van der Waals surface area (Å²) in [4.78, 5) is 14.6. The van der Waals surface area contributed by atoms with E-state index in [-0.39, 0.29) is 11.8 Å². The van der Waals surface area contributed by atoms with Crippen molar-refractivity contribution in [2.24, 2.45) is 0 Å². The highest BCUT2D eigenvalue weighted by molar-refractivity contribution is 6.05. The van der Waals surface area contributed by atoms with Gasteiger partial charge in [0.05, 0.1) is 12.5 Å². The van der Waals surface area contributed by atoms with Crippen LogP contribution >= 0.6 is 0 Å². The maximum atomic E-state index is 12.7. The van der Waals surface area contributed by atoms with Crippen LogP contribution in [0, 0.1) is 0 Å². The van der Waals surface area contributed by atoms with Crippen molar-refractivity contribution in [3.05, 3.63) is 59.7 Å². The molecule has 1 heterocycles. The summed E-state index contributed by atoms with van der Waals surface area (Å²) in [5, 5.41) is 0. The number of ether oxygens (including phenoxy) is 1. The van der Waals surface area contributed by atoms with Crippen molar-refractivity contribution in [1.29, 1.82) is 0 Å². The fourth-order valence-electron chi connectivity index (χ4n) is 3.12. The van der Waals surface area contributed by atoms with E-state index < -0.39 is 0 Å². The molecule has 0 aliphatic carbocycles. The minimum absolute atomic E-state index is 0.0749. The summed E-state index contributed by atoms with van der Waals surface area (Å²) in [5.41, 5.74) is 3.36. The van der Waals surface area contributed by atoms with Gasteiger partial charge in [0.15, 0.2) is 0 Å². The topological polar surface area (TPSA) is 29.5 Å². The van der Waals surface area contributed by atoms with E-state index in [4.69, 9.17) is 4.74 Å². The Morgan fingerprint density at radius 2 is 1.77 bits per heavy atom. The van der Waals surface area contributed by atoms with Gasteiger partial charge < -0.3 is 9.64 Å². The van der Waals surface area contributed by atoms with Gasteiger partial charge in [-0.1, -0.05) is 30.3 Å². The zero-order valence-electron chi connectivity index (χ0n) is 13.1. The van der Waals surface area contributed by atoms with E-state index in [2.05, 4.69) is 18.2 Å². The van der Waals surface area contributed by atoms with E-state index >= 15 is 0 Å². The lowest BCUT2D eigenvalue weighted by Gasteiger charge is -2.15. The Bertz CT molecular complexity index is 663. The Kier molecular flexibility index (Phi) is 4.14. The van der Waals surface area contributed by atoms with Gasteiger partial charge in [-0.3, -0.25) is 4.79 Å². The lowest BCUT2D eigenvalue weighted by atomic mass is 9.93. The summed E-state index contributed by atoms with van der Waals surface area (Å²) >= 11 is 0. The van der Waals surface area contributed by atoms with Crippen LogP contribution in [0.3, 0.4) is 0 Å². The van der Waals surface area contributed by atoms with Crippen LogP contribution in [-0.4, -0.2) is 19.1 Å². The Hall–Kier alpha value is -2.29. The number of carbonyl (C=O) groups excluding carboxylic acids is 1. The molecule has 1 aliphatic heterocycles. The third kappa shape index (κ3) is 2.59. The predicted octanol–water partition coefficient (Wildman–Crippen LogP) is 3.78. The summed E-state index contributed by atoms with van der Waals surface area (Å²) in [5.74, 6) is 1.01. The van der Waals surface area contributed by atoms with Crippen LogP contribution in [0.5, 0.6) is 5.75 Å². The fourth-order valence-corrected chi connectivity index (χ4v) is 3.12. The molecular weight excluding hydrogens is 274 g/mol. The molecule has 1 atom stereocenters. The van der Waals surface area contributed by atoms with E-state index in [9.17, 15) is 4.79 Å². The normalized spacial score (nSPS) is 16.7. The van der Waals surface area contributed by atoms with E-state index in [0.717, 1.165) is 35.5 Å². The molecule has 0 N–H and O–H groups in total. The van der Waals surface area contributed by atoms with Gasteiger partial charge in [0.1, 0.15) is 5.75 Å². The van der Waals surface area contributed by atoms with Crippen LogP contribution < -0.4 is 9.64 Å². The number of rotatable bonds is 5. The van der Waals surface area contributed by atoms with Crippen molar-refractivity contribution < 1.29 is 9.53 Å². The SMILES string of the molecule is CCOc1ccc(CC2C(=O)N(CC)c3ccccc32)cc1. The van der Waals surface area contributed by atoms with Crippen molar-refractivity contribution in [2.75, 3.05) is 18.1 Å². The van der Waals surface area contributed by atoms with Crippen molar-refractivity contribution >= 4 is 11.6 Å². The molecule has 3 heteroatoms. The van der Waals surface area contributed by atoms with Gasteiger partial charge in [-0.2, -0.15) is 0 Å². The largest absolute Gasteiger partial charge is 0.494 e. The smallest absolute Gasteiger partial charge is 0.234 e. The molecule has 1 amide bonds. The molecule has 3 rings (SSSR count). The molecule has 114 valence electrons. The quantitative estimate of drug-likeness (QED) is 0.840. The molecule has 1 unspecified atom stereocenters. The number of hydrogen-bond donors (Lipinski definition) is 0. The molecule has 0 saturated heterocycles. The number of carbonyl (C=O) groups is 1. The average Bonchev–Trinajstić information content (AvgIpc) is 2.81. The molecule has 0 radical (unpaired) electrons. The fraction of sp³-hybridized carbons (Fsp3) is 0.316. The van der Waals surface area contributed by atoms with Crippen LogP contribution in [0.4, 0.5) is 5.69 Å². The number of fused-ring (bicyclic) bond motifs is 1. The second-order valence-corrected chi connectivity index (χ2v) is 5.47. The second-order valence-electron chi connectivity index (χ2n) is 5.47. The first-order valence-electron chi connectivity index (χ1n) is 7.86. The summed E-state index contributed by atoms with van der Waals surface area (Å²) < 4.78 is 5.47. The number of amides is 1. The van der Waals surface area contributed by atoms with E-state index in [1.54, 1.807) is 0 Å². The van der Waals surface area contributed by atoms with Crippen molar-refractivity contribution in [3.63, 3.8) is 0 Å². The Balaban J connectivity index is 1.84. The molecule has 2 aromatic rings. The van der Waals surface area contributed by atoms with Crippen LogP contribution in [0.15, 0.2) is 48.5 Å². The molecule has 3 nitrogen and oxygen atoms in total. The number of nitrogens with zero attached hydrogens (tertiary/aromatic N) is 1. The molecular formula is C19H21NO2. The lowest BCUT2D eigenvalue weighted by Crippen LogP contribution is -2.29. The third-order valence-electron chi connectivity index (χ3n) is 4.16. The highest BCUT2D eigenvalue weighted by Gasteiger charge is 2.35. The maximum absolute atomic E-state index is 12.7. The van der Waals surface area contributed by atoms with Crippen LogP contribution in [0.2, 0.25) is 0 Å². The predicted molar refractivity (Wildman–Crippen MR) is 88.5 cm³/mol. The van der Waals surface area contributed by atoms with E-state index in [1.165, 1.54) is 0 Å². The second kappa shape index (κ2) is 6.22. The van der Waals surface area contributed by atoms with Gasteiger partial charge in [0.2, 0.25) is 5.91 Å².